The highest BCUT2D eigenvalue weighted by Gasteiger charge is 2.26. The van der Waals surface area contributed by atoms with Crippen molar-refractivity contribution < 1.29 is 19.3 Å². The number of aliphatic hydroxyl groups is 1. The van der Waals surface area contributed by atoms with Gasteiger partial charge < -0.3 is 19.3 Å². The highest BCUT2D eigenvalue weighted by Crippen LogP contribution is 2.40. The minimum absolute atomic E-state index is 0.382. The Hall–Kier alpha value is -0.810. The first-order valence-corrected chi connectivity index (χ1v) is 6.01. The summed E-state index contributed by atoms with van der Waals surface area (Å²) in [4.78, 5) is 0. The first kappa shape index (κ1) is 11.3. The van der Waals surface area contributed by atoms with E-state index >= 15 is 0 Å². The lowest BCUT2D eigenvalue weighted by molar-refractivity contribution is -0.0443. The summed E-state index contributed by atoms with van der Waals surface area (Å²) in [7, 11) is 0. The molecule has 0 radical (unpaired) electrons. The Morgan fingerprint density at radius 3 is 2.71 bits per heavy atom. The second kappa shape index (κ2) is 4.46. The first-order chi connectivity index (χ1) is 8.25. The van der Waals surface area contributed by atoms with Crippen LogP contribution in [0.1, 0.15) is 29.9 Å². The Bertz CT molecular complexity index is 429. The van der Waals surface area contributed by atoms with Gasteiger partial charge in [-0.25, -0.2) is 0 Å². The SMILES string of the molecule is O[C@@H]1CCOc2c(Cl)cc(C3OCCO3)cc21. The zero-order valence-corrected chi connectivity index (χ0v) is 9.94. The Morgan fingerprint density at radius 2 is 1.94 bits per heavy atom. The van der Waals surface area contributed by atoms with Gasteiger partial charge in [-0.15, -0.1) is 0 Å². The van der Waals surface area contributed by atoms with Crippen LogP contribution in [0.3, 0.4) is 0 Å². The van der Waals surface area contributed by atoms with E-state index in [1.165, 1.54) is 0 Å². The van der Waals surface area contributed by atoms with E-state index in [1.54, 1.807) is 6.07 Å². The first-order valence-electron chi connectivity index (χ1n) is 5.63. The van der Waals surface area contributed by atoms with Crippen molar-refractivity contribution in [2.45, 2.75) is 18.8 Å². The van der Waals surface area contributed by atoms with Gasteiger partial charge in [-0.05, 0) is 12.1 Å². The van der Waals surface area contributed by atoms with E-state index in [4.69, 9.17) is 25.8 Å². The third-order valence-corrected chi connectivity index (χ3v) is 3.27. The predicted octanol–water partition coefficient (Wildman–Crippen LogP) is 2.20. The predicted molar refractivity (Wildman–Crippen MR) is 61.2 cm³/mol. The third-order valence-electron chi connectivity index (χ3n) is 2.99. The van der Waals surface area contributed by atoms with E-state index in [9.17, 15) is 5.11 Å². The average Bonchev–Trinajstić information content (AvgIpc) is 2.84. The van der Waals surface area contributed by atoms with Gasteiger partial charge in [-0.2, -0.15) is 0 Å². The highest BCUT2D eigenvalue weighted by molar-refractivity contribution is 6.32. The molecule has 2 aliphatic heterocycles. The molecule has 1 aromatic carbocycles. The maximum atomic E-state index is 9.93. The number of fused-ring (bicyclic) bond motifs is 1. The standard InChI is InChI=1S/C12H13ClO4/c13-9-6-7(12-16-3-4-17-12)5-8-10(14)1-2-15-11(8)9/h5-6,10,12,14H,1-4H2/t10-/m1/s1. The molecule has 1 saturated heterocycles. The van der Waals surface area contributed by atoms with Crippen molar-refractivity contribution in [2.24, 2.45) is 0 Å². The molecule has 0 amide bonds. The lowest BCUT2D eigenvalue weighted by atomic mass is 10.0. The number of halogens is 1. The molecule has 0 spiro atoms. The second-order valence-corrected chi connectivity index (χ2v) is 4.55. The molecular formula is C12H13ClO4. The van der Waals surface area contributed by atoms with Crippen LogP contribution in [-0.4, -0.2) is 24.9 Å². The van der Waals surface area contributed by atoms with Crippen LogP contribution in [0.4, 0.5) is 0 Å². The Labute approximate surface area is 104 Å². The Morgan fingerprint density at radius 1 is 1.18 bits per heavy atom. The van der Waals surface area contributed by atoms with Crippen molar-refractivity contribution in [2.75, 3.05) is 19.8 Å². The summed E-state index contributed by atoms with van der Waals surface area (Å²) in [6.07, 6.45) is -0.330. The van der Waals surface area contributed by atoms with Crippen molar-refractivity contribution in [1.82, 2.24) is 0 Å². The molecule has 4 nitrogen and oxygen atoms in total. The highest BCUT2D eigenvalue weighted by atomic mass is 35.5. The van der Waals surface area contributed by atoms with Crippen LogP contribution >= 0.6 is 11.6 Å². The molecule has 3 rings (SSSR count). The smallest absolute Gasteiger partial charge is 0.184 e. The van der Waals surface area contributed by atoms with E-state index in [2.05, 4.69) is 0 Å². The second-order valence-electron chi connectivity index (χ2n) is 4.15. The number of ether oxygens (including phenoxy) is 3. The van der Waals surface area contributed by atoms with E-state index in [0.29, 0.717) is 37.0 Å². The molecular weight excluding hydrogens is 244 g/mol. The van der Waals surface area contributed by atoms with Crippen LogP contribution in [0.25, 0.3) is 0 Å². The maximum Gasteiger partial charge on any atom is 0.184 e. The summed E-state index contributed by atoms with van der Waals surface area (Å²) >= 11 is 6.14. The van der Waals surface area contributed by atoms with Crippen molar-refractivity contribution in [3.05, 3.63) is 28.3 Å². The molecule has 2 aliphatic rings. The topological polar surface area (TPSA) is 47.9 Å². The summed E-state index contributed by atoms with van der Waals surface area (Å²) < 4.78 is 16.3. The number of hydrogen-bond acceptors (Lipinski definition) is 4. The molecule has 0 aromatic heterocycles. The molecule has 0 bridgehead atoms. The van der Waals surface area contributed by atoms with Crippen molar-refractivity contribution in [3.8, 4) is 5.75 Å². The fourth-order valence-electron chi connectivity index (χ4n) is 2.15. The molecule has 5 heteroatoms. The van der Waals surface area contributed by atoms with Crippen LogP contribution in [0, 0.1) is 0 Å². The van der Waals surface area contributed by atoms with Crippen molar-refractivity contribution in [3.63, 3.8) is 0 Å². The van der Waals surface area contributed by atoms with E-state index in [1.807, 2.05) is 6.07 Å². The number of rotatable bonds is 1. The number of benzene rings is 1. The number of hydrogen-bond donors (Lipinski definition) is 1. The molecule has 0 unspecified atom stereocenters. The molecule has 0 saturated carbocycles. The minimum Gasteiger partial charge on any atom is -0.492 e. The van der Waals surface area contributed by atoms with Gasteiger partial charge >= 0.3 is 0 Å². The van der Waals surface area contributed by atoms with Gasteiger partial charge in [0.05, 0.1) is 30.9 Å². The normalized spacial score (nSPS) is 24.5. The molecule has 1 aromatic rings. The summed E-state index contributed by atoms with van der Waals surface area (Å²) in [5, 5.41) is 10.4. The molecule has 17 heavy (non-hydrogen) atoms. The van der Waals surface area contributed by atoms with Gasteiger partial charge in [0.15, 0.2) is 6.29 Å². The third kappa shape index (κ3) is 2.02. The summed E-state index contributed by atoms with van der Waals surface area (Å²) in [5.41, 5.74) is 1.55. The summed E-state index contributed by atoms with van der Waals surface area (Å²) in [6, 6.07) is 3.62. The molecule has 0 aliphatic carbocycles. The fourth-order valence-corrected chi connectivity index (χ4v) is 2.44. The van der Waals surface area contributed by atoms with E-state index < -0.39 is 6.10 Å². The van der Waals surface area contributed by atoms with Gasteiger partial charge in [-0.3, -0.25) is 0 Å². The molecule has 92 valence electrons. The minimum atomic E-state index is -0.530. The number of aliphatic hydroxyl groups excluding tert-OH is 1. The van der Waals surface area contributed by atoms with Gasteiger partial charge in [0.1, 0.15) is 5.75 Å². The van der Waals surface area contributed by atoms with Crippen LogP contribution < -0.4 is 4.74 Å². The van der Waals surface area contributed by atoms with E-state index in [0.717, 1.165) is 11.1 Å². The van der Waals surface area contributed by atoms with Gasteiger partial charge in [0, 0.05) is 17.5 Å². The van der Waals surface area contributed by atoms with Gasteiger partial charge in [0.2, 0.25) is 0 Å². The largest absolute Gasteiger partial charge is 0.492 e. The van der Waals surface area contributed by atoms with E-state index in [-0.39, 0.29) is 6.29 Å². The van der Waals surface area contributed by atoms with Crippen LogP contribution in [0.15, 0.2) is 12.1 Å². The fraction of sp³-hybridized carbons (Fsp3) is 0.500. The quantitative estimate of drug-likeness (QED) is 0.837. The zero-order valence-electron chi connectivity index (χ0n) is 9.19. The van der Waals surface area contributed by atoms with Crippen LogP contribution in [0.5, 0.6) is 5.75 Å². The lowest BCUT2D eigenvalue weighted by Crippen LogP contribution is -2.15. The Balaban J connectivity index is 2.01. The van der Waals surface area contributed by atoms with Crippen LogP contribution in [0.2, 0.25) is 5.02 Å². The monoisotopic (exact) mass is 256 g/mol. The maximum absolute atomic E-state index is 9.93. The Kier molecular flexibility index (Phi) is 2.96. The van der Waals surface area contributed by atoms with Crippen molar-refractivity contribution in [1.29, 1.82) is 0 Å². The summed E-state index contributed by atoms with van der Waals surface area (Å²) in [6.45, 7) is 1.65. The van der Waals surface area contributed by atoms with Gasteiger partial charge in [0.25, 0.3) is 0 Å². The molecule has 2 heterocycles. The van der Waals surface area contributed by atoms with Gasteiger partial charge in [-0.1, -0.05) is 11.6 Å². The molecule has 1 fully saturated rings. The lowest BCUT2D eigenvalue weighted by Gasteiger charge is -2.24. The molecule has 1 N–H and O–H groups in total. The van der Waals surface area contributed by atoms with Crippen molar-refractivity contribution >= 4 is 11.6 Å². The zero-order chi connectivity index (χ0) is 11.8. The average molecular weight is 257 g/mol. The summed E-state index contributed by atoms with van der Waals surface area (Å²) in [5.74, 6) is 0.576. The molecule has 1 atom stereocenters. The van der Waals surface area contributed by atoms with Crippen LogP contribution in [-0.2, 0) is 9.47 Å².